The Morgan fingerprint density at radius 1 is 1.10 bits per heavy atom. The van der Waals surface area contributed by atoms with E-state index in [1.54, 1.807) is 12.1 Å². The van der Waals surface area contributed by atoms with Gasteiger partial charge in [0, 0.05) is 29.4 Å². The van der Waals surface area contributed by atoms with Gasteiger partial charge in [-0.2, -0.15) is 13.2 Å². The highest BCUT2D eigenvalue weighted by atomic mass is 19.4. The minimum Gasteiger partial charge on any atom is -0.493 e. The molecule has 2 amide bonds. The Morgan fingerprint density at radius 3 is 2.73 bits per heavy atom. The number of carbonyl (C=O) groups excluding carboxylic acids is 2. The fraction of sp³-hybridized carbons (Fsp3) is 0.273. The number of amides is 2. The molecular weight excluding hydrogens is 397 g/mol. The predicted octanol–water partition coefficient (Wildman–Crippen LogP) is 4.78. The molecule has 0 unspecified atom stereocenters. The van der Waals surface area contributed by atoms with Gasteiger partial charge >= 0.3 is 6.18 Å². The van der Waals surface area contributed by atoms with Gasteiger partial charge in [0.05, 0.1) is 12.2 Å². The lowest BCUT2D eigenvalue weighted by molar-refractivity contribution is -0.137. The van der Waals surface area contributed by atoms with Gasteiger partial charge in [0.15, 0.2) is 0 Å². The fourth-order valence-corrected chi connectivity index (χ4v) is 3.60. The summed E-state index contributed by atoms with van der Waals surface area (Å²) in [6, 6.07) is 8.61. The van der Waals surface area contributed by atoms with Crippen LogP contribution in [-0.4, -0.2) is 18.4 Å². The average Bonchev–Trinajstić information content (AvgIpc) is 2.88. The van der Waals surface area contributed by atoms with E-state index >= 15 is 0 Å². The van der Waals surface area contributed by atoms with Crippen molar-refractivity contribution < 1.29 is 27.5 Å². The molecule has 0 saturated heterocycles. The van der Waals surface area contributed by atoms with Crippen LogP contribution in [0.25, 0.3) is 5.57 Å². The standard InChI is InChI=1S/C22H19F3N2O3/c23-22(24,25)15-5-7-17-14(2-1-9-30-19(17)11-15)10-21(29)26-16-6-3-13-4-8-20(28)27-18(13)12-16/h3,5-7,10-12H,1-2,4,8-9H2,(H,26,29)(H,27,28). The lowest BCUT2D eigenvalue weighted by Gasteiger charge is -2.17. The number of benzene rings is 2. The maximum atomic E-state index is 13.0. The number of rotatable bonds is 2. The summed E-state index contributed by atoms with van der Waals surface area (Å²) in [6.07, 6.45) is -0.906. The van der Waals surface area contributed by atoms with Crippen molar-refractivity contribution in [3.05, 3.63) is 59.2 Å². The number of fused-ring (bicyclic) bond motifs is 2. The van der Waals surface area contributed by atoms with Crippen molar-refractivity contribution in [3.63, 3.8) is 0 Å². The molecule has 0 bridgehead atoms. The molecule has 2 heterocycles. The largest absolute Gasteiger partial charge is 0.493 e. The smallest absolute Gasteiger partial charge is 0.416 e. The summed E-state index contributed by atoms with van der Waals surface area (Å²) >= 11 is 0. The normalized spacial score (nSPS) is 17.3. The first-order chi connectivity index (χ1) is 14.3. The zero-order valence-electron chi connectivity index (χ0n) is 15.9. The quantitative estimate of drug-likeness (QED) is 0.692. The van der Waals surface area contributed by atoms with Crippen LogP contribution in [0.2, 0.25) is 0 Å². The fourth-order valence-electron chi connectivity index (χ4n) is 3.60. The van der Waals surface area contributed by atoms with Crippen LogP contribution in [0.4, 0.5) is 24.5 Å². The number of carbonyl (C=O) groups is 2. The van der Waals surface area contributed by atoms with Crippen molar-refractivity contribution in [1.29, 1.82) is 0 Å². The first kappa shape index (κ1) is 20.0. The second kappa shape index (κ2) is 7.85. The Morgan fingerprint density at radius 2 is 1.93 bits per heavy atom. The number of anilines is 2. The maximum Gasteiger partial charge on any atom is 0.416 e. The number of allylic oxidation sites excluding steroid dienone is 1. The van der Waals surface area contributed by atoms with Crippen LogP contribution in [-0.2, 0) is 22.2 Å². The van der Waals surface area contributed by atoms with Crippen molar-refractivity contribution in [2.75, 3.05) is 17.2 Å². The second-order valence-electron chi connectivity index (χ2n) is 7.24. The van der Waals surface area contributed by atoms with Gasteiger partial charge in [-0.15, -0.1) is 0 Å². The maximum absolute atomic E-state index is 13.0. The van der Waals surface area contributed by atoms with E-state index in [2.05, 4.69) is 10.6 Å². The third-order valence-electron chi connectivity index (χ3n) is 5.08. The molecule has 0 radical (unpaired) electrons. The molecule has 2 N–H and O–H groups in total. The van der Waals surface area contributed by atoms with Gasteiger partial charge < -0.3 is 15.4 Å². The molecule has 2 aromatic rings. The minimum absolute atomic E-state index is 0.0682. The monoisotopic (exact) mass is 416 g/mol. The molecule has 156 valence electrons. The van der Waals surface area contributed by atoms with E-state index in [9.17, 15) is 22.8 Å². The number of nitrogens with one attached hydrogen (secondary N) is 2. The summed E-state index contributed by atoms with van der Waals surface area (Å²) in [5.74, 6) is -0.348. The summed E-state index contributed by atoms with van der Waals surface area (Å²) < 4.78 is 44.5. The summed E-state index contributed by atoms with van der Waals surface area (Å²) in [7, 11) is 0. The summed E-state index contributed by atoms with van der Waals surface area (Å²) in [4.78, 5) is 24.1. The highest BCUT2D eigenvalue weighted by molar-refractivity contribution is 6.05. The molecule has 2 aliphatic rings. The predicted molar refractivity (Wildman–Crippen MR) is 106 cm³/mol. The number of halogens is 3. The molecule has 0 fully saturated rings. The molecule has 4 rings (SSSR count). The molecule has 0 aliphatic carbocycles. The van der Waals surface area contributed by atoms with Crippen LogP contribution >= 0.6 is 0 Å². The molecule has 0 spiro atoms. The van der Waals surface area contributed by atoms with E-state index in [-0.39, 0.29) is 18.3 Å². The number of aryl methyl sites for hydroxylation is 1. The zero-order chi connectivity index (χ0) is 21.3. The first-order valence-electron chi connectivity index (χ1n) is 9.58. The van der Waals surface area contributed by atoms with Crippen molar-refractivity contribution in [2.45, 2.75) is 31.9 Å². The molecule has 2 aliphatic heterocycles. The molecule has 8 heteroatoms. The van der Waals surface area contributed by atoms with E-state index in [1.807, 2.05) is 6.07 Å². The molecule has 5 nitrogen and oxygen atoms in total. The van der Waals surface area contributed by atoms with Gasteiger partial charge in [-0.25, -0.2) is 0 Å². The number of hydrogen-bond acceptors (Lipinski definition) is 3. The highest BCUT2D eigenvalue weighted by Gasteiger charge is 2.32. The first-order valence-corrected chi connectivity index (χ1v) is 9.58. The molecule has 0 atom stereocenters. The van der Waals surface area contributed by atoms with E-state index in [0.717, 1.165) is 17.7 Å². The number of alkyl halides is 3. The van der Waals surface area contributed by atoms with Crippen molar-refractivity contribution in [2.24, 2.45) is 0 Å². The topological polar surface area (TPSA) is 67.4 Å². The molecule has 2 aromatic carbocycles. The van der Waals surface area contributed by atoms with Gasteiger partial charge in [-0.1, -0.05) is 12.1 Å². The lowest BCUT2D eigenvalue weighted by atomic mass is 9.99. The summed E-state index contributed by atoms with van der Waals surface area (Å²) in [5, 5.41) is 5.53. The van der Waals surface area contributed by atoms with Crippen molar-refractivity contribution >= 4 is 28.8 Å². The Bertz CT molecular complexity index is 1040. The highest BCUT2D eigenvalue weighted by Crippen LogP contribution is 2.38. The van der Waals surface area contributed by atoms with Crippen LogP contribution in [0.15, 0.2) is 42.5 Å². The Balaban J connectivity index is 1.57. The van der Waals surface area contributed by atoms with Crippen molar-refractivity contribution in [1.82, 2.24) is 0 Å². The van der Waals surface area contributed by atoms with Gasteiger partial charge in [0.2, 0.25) is 11.8 Å². The van der Waals surface area contributed by atoms with Crippen molar-refractivity contribution in [3.8, 4) is 5.75 Å². The molecule has 30 heavy (non-hydrogen) atoms. The van der Waals surface area contributed by atoms with Gasteiger partial charge in [-0.3, -0.25) is 9.59 Å². The van der Waals surface area contributed by atoms with Crippen LogP contribution in [0.3, 0.4) is 0 Å². The summed E-state index contributed by atoms with van der Waals surface area (Å²) in [5.41, 5.74) is 2.50. The average molecular weight is 416 g/mol. The van der Waals surface area contributed by atoms with E-state index in [4.69, 9.17) is 4.74 Å². The van der Waals surface area contributed by atoms with Gasteiger partial charge in [-0.05, 0) is 54.7 Å². The Kier molecular flexibility index (Phi) is 5.24. The van der Waals surface area contributed by atoms with E-state index in [1.165, 1.54) is 12.1 Å². The third-order valence-corrected chi connectivity index (χ3v) is 5.08. The van der Waals surface area contributed by atoms with Crippen LogP contribution in [0.5, 0.6) is 5.75 Å². The Hall–Kier alpha value is -3.29. The SMILES string of the molecule is O=C(C=C1CCCOc2cc(C(F)(F)F)ccc21)Nc1ccc2c(c1)NC(=O)CC2. The van der Waals surface area contributed by atoms with E-state index < -0.39 is 17.6 Å². The van der Waals surface area contributed by atoms with Crippen LogP contribution < -0.4 is 15.4 Å². The number of ether oxygens (including phenoxy) is 1. The Labute approximate surface area is 170 Å². The van der Waals surface area contributed by atoms with Gasteiger partial charge in [0.25, 0.3) is 0 Å². The van der Waals surface area contributed by atoms with E-state index in [0.29, 0.717) is 48.2 Å². The van der Waals surface area contributed by atoms with Crippen LogP contribution in [0.1, 0.15) is 36.0 Å². The van der Waals surface area contributed by atoms with Gasteiger partial charge in [0.1, 0.15) is 5.75 Å². The lowest BCUT2D eigenvalue weighted by Crippen LogP contribution is -2.19. The zero-order valence-corrected chi connectivity index (χ0v) is 15.9. The molecule has 0 saturated carbocycles. The molecule has 0 aromatic heterocycles. The second-order valence-corrected chi connectivity index (χ2v) is 7.24. The van der Waals surface area contributed by atoms with Crippen LogP contribution in [0, 0.1) is 0 Å². The minimum atomic E-state index is -4.46. The third kappa shape index (κ3) is 4.32. The number of hydrogen-bond donors (Lipinski definition) is 2. The molecular formula is C22H19F3N2O3. The summed E-state index contributed by atoms with van der Waals surface area (Å²) in [6.45, 7) is 0.276.